The number of allylic oxidation sites excluding steroid dienone is 4. The van der Waals surface area contributed by atoms with Crippen LogP contribution in [0.5, 0.6) is 0 Å². The van der Waals surface area contributed by atoms with Gasteiger partial charge in [-0.3, -0.25) is 0 Å². The van der Waals surface area contributed by atoms with Crippen molar-refractivity contribution in [2.75, 3.05) is 7.11 Å². The zero-order valence-corrected chi connectivity index (χ0v) is 15.5. The number of hydrogen-bond donors (Lipinski definition) is 0. The summed E-state index contributed by atoms with van der Waals surface area (Å²) in [6.45, 7) is 8.05. The third kappa shape index (κ3) is 5.18. The first-order chi connectivity index (χ1) is 11.9. The Hall–Kier alpha value is -2.10. The zero-order chi connectivity index (χ0) is 18.4. The molecule has 0 N–H and O–H groups in total. The van der Waals surface area contributed by atoms with Crippen LogP contribution in [0.15, 0.2) is 47.1 Å². The van der Waals surface area contributed by atoms with Crippen LogP contribution >= 0.6 is 0 Å². The Kier molecular flexibility index (Phi) is 6.80. The zero-order valence-electron chi connectivity index (χ0n) is 15.5. The van der Waals surface area contributed by atoms with Crippen molar-refractivity contribution in [3.05, 3.63) is 47.1 Å². The molecule has 2 atom stereocenters. The second-order valence-electron chi connectivity index (χ2n) is 6.90. The first-order valence-electron chi connectivity index (χ1n) is 8.92. The first kappa shape index (κ1) is 19.2. The van der Waals surface area contributed by atoms with Crippen molar-refractivity contribution in [1.29, 1.82) is 0 Å². The van der Waals surface area contributed by atoms with Crippen LogP contribution in [0.25, 0.3) is 0 Å². The predicted molar refractivity (Wildman–Crippen MR) is 97.8 cm³/mol. The van der Waals surface area contributed by atoms with Gasteiger partial charge in [-0.15, -0.1) is 0 Å². The van der Waals surface area contributed by atoms with Crippen LogP contribution < -0.4 is 0 Å². The number of hydrogen-bond acceptors (Lipinski definition) is 4. The fourth-order valence-corrected chi connectivity index (χ4v) is 3.34. The first-order valence-corrected chi connectivity index (χ1v) is 8.92. The lowest BCUT2D eigenvalue weighted by molar-refractivity contribution is -0.138. The molecule has 1 aliphatic heterocycles. The van der Waals surface area contributed by atoms with Crippen LogP contribution in [0, 0.1) is 5.92 Å². The van der Waals surface area contributed by atoms with E-state index in [1.807, 2.05) is 19.1 Å². The monoisotopic (exact) mass is 344 g/mol. The predicted octanol–water partition coefficient (Wildman–Crippen LogP) is 4.43. The van der Waals surface area contributed by atoms with Crippen LogP contribution in [0.4, 0.5) is 0 Å². The highest BCUT2D eigenvalue weighted by Gasteiger charge is 2.36. The second kappa shape index (κ2) is 8.84. The van der Waals surface area contributed by atoms with Gasteiger partial charge in [-0.25, -0.2) is 9.59 Å². The summed E-state index contributed by atoms with van der Waals surface area (Å²) >= 11 is 0. The normalized spacial score (nSPS) is 30.0. The van der Waals surface area contributed by atoms with Crippen LogP contribution in [-0.2, 0) is 19.1 Å². The number of ether oxygens (including phenoxy) is 2. The molecule has 136 valence electrons. The highest BCUT2D eigenvalue weighted by atomic mass is 16.6. The topological polar surface area (TPSA) is 52.6 Å². The third-order valence-electron chi connectivity index (χ3n) is 4.93. The highest BCUT2D eigenvalue weighted by Crippen LogP contribution is 2.33. The molecule has 1 aliphatic carbocycles. The lowest BCUT2D eigenvalue weighted by atomic mass is 9.89. The average Bonchev–Trinajstić information content (AvgIpc) is 2.84. The molecule has 0 aromatic rings. The van der Waals surface area contributed by atoms with Crippen molar-refractivity contribution in [1.82, 2.24) is 0 Å². The van der Waals surface area contributed by atoms with Gasteiger partial charge in [0.1, 0.15) is 6.10 Å². The molecule has 2 rings (SSSR count). The fraction of sp³-hybridized carbons (Fsp3) is 0.524. The minimum absolute atomic E-state index is 0.0508. The molecule has 1 heterocycles. The number of esters is 2. The molecule has 0 radical (unpaired) electrons. The molecule has 0 aromatic carbocycles. The third-order valence-corrected chi connectivity index (χ3v) is 4.93. The molecule has 0 aromatic heterocycles. The maximum atomic E-state index is 11.9. The van der Waals surface area contributed by atoms with Gasteiger partial charge < -0.3 is 9.47 Å². The van der Waals surface area contributed by atoms with Gasteiger partial charge in [-0.1, -0.05) is 29.9 Å². The van der Waals surface area contributed by atoms with Crippen LogP contribution in [0.1, 0.15) is 52.4 Å². The number of fused-ring (bicyclic) bond motifs is 1. The maximum absolute atomic E-state index is 11.9. The van der Waals surface area contributed by atoms with Crippen molar-refractivity contribution in [3.8, 4) is 0 Å². The van der Waals surface area contributed by atoms with E-state index in [1.165, 1.54) is 12.7 Å². The van der Waals surface area contributed by atoms with E-state index in [4.69, 9.17) is 9.47 Å². The summed E-state index contributed by atoms with van der Waals surface area (Å²) in [7, 11) is 1.42. The minimum Gasteiger partial charge on any atom is -0.466 e. The standard InChI is InChI=1S/C21H28O4/c1-14-7-5-9-17(21(23)24-4)10-6-8-15(2)13-19-18(12-11-14)16(3)20(22)25-19/h7,10,13,18-19H,3,5-6,8-9,11-12H2,1-2,4H3/b14-7+,15-13+,17-10?/t18-,19-/m0/s1. The molecule has 0 unspecified atom stereocenters. The smallest absolute Gasteiger partial charge is 0.334 e. The summed E-state index contributed by atoms with van der Waals surface area (Å²) in [5.74, 6) is -0.478. The van der Waals surface area contributed by atoms with Gasteiger partial charge in [0.15, 0.2) is 0 Å². The Morgan fingerprint density at radius 1 is 1.16 bits per heavy atom. The SMILES string of the molecule is C=C1C(=O)O[C@H]2/C=C(\C)CCC=C(C(=O)OC)CC/C=C(\C)CC[C@@H]12. The summed E-state index contributed by atoms with van der Waals surface area (Å²) in [5, 5.41) is 0. The largest absolute Gasteiger partial charge is 0.466 e. The van der Waals surface area contributed by atoms with Gasteiger partial charge in [0, 0.05) is 17.1 Å². The Morgan fingerprint density at radius 2 is 1.88 bits per heavy atom. The average molecular weight is 344 g/mol. The van der Waals surface area contributed by atoms with Gasteiger partial charge in [0.2, 0.25) is 0 Å². The van der Waals surface area contributed by atoms with E-state index in [0.29, 0.717) is 12.0 Å². The minimum atomic E-state index is -0.280. The van der Waals surface area contributed by atoms with Gasteiger partial charge in [0.25, 0.3) is 0 Å². The van der Waals surface area contributed by atoms with Crippen LogP contribution in [0.3, 0.4) is 0 Å². The highest BCUT2D eigenvalue weighted by molar-refractivity contribution is 5.91. The molecule has 25 heavy (non-hydrogen) atoms. The van der Waals surface area contributed by atoms with Gasteiger partial charge >= 0.3 is 11.9 Å². The van der Waals surface area contributed by atoms with E-state index < -0.39 is 0 Å². The van der Waals surface area contributed by atoms with Crippen molar-refractivity contribution >= 4 is 11.9 Å². The molecule has 2 aliphatic rings. The van der Waals surface area contributed by atoms with E-state index in [2.05, 4.69) is 19.6 Å². The Balaban J connectivity index is 2.23. The molecule has 4 heteroatoms. The van der Waals surface area contributed by atoms with Gasteiger partial charge in [-0.2, -0.15) is 0 Å². The number of carbonyl (C=O) groups is 2. The second-order valence-corrected chi connectivity index (χ2v) is 6.90. The number of methoxy groups -OCH3 is 1. The number of carbonyl (C=O) groups excluding carboxylic acids is 2. The van der Waals surface area contributed by atoms with E-state index >= 15 is 0 Å². The molecular weight excluding hydrogens is 316 g/mol. The van der Waals surface area contributed by atoms with Gasteiger partial charge in [-0.05, 0) is 58.4 Å². The molecule has 1 saturated heterocycles. The quantitative estimate of drug-likeness (QED) is 0.401. The molecule has 0 amide bonds. The van der Waals surface area contributed by atoms with E-state index in [-0.39, 0.29) is 24.0 Å². The lowest BCUT2D eigenvalue weighted by Gasteiger charge is -2.16. The molecule has 4 nitrogen and oxygen atoms in total. The van der Waals surface area contributed by atoms with E-state index in [9.17, 15) is 9.59 Å². The van der Waals surface area contributed by atoms with Crippen LogP contribution in [-0.4, -0.2) is 25.2 Å². The summed E-state index contributed by atoms with van der Waals surface area (Å²) < 4.78 is 10.4. The molecular formula is C21H28O4. The van der Waals surface area contributed by atoms with Crippen molar-refractivity contribution in [2.24, 2.45) is 5.92 Å². The Bertz CT molecular complexity index is 636. The summed E-state index contributed by atoms with van der Waals surface area (Å²) in [6, 6.07) is 0. The molecule has 0 bridgehead atoms. The molecule has 1 fully saturated rings. The summed E-state index contributed by atoms with van der Waals surface area (Å²) in [6.07, 6.45) is 10.8. The van der Waals surface area contributed by atoms with Crippen molar-refractivity contribution in [2.45, 2.75) is 58.5 Å². The summed E-state index contributed by atoms with van der Waals surface area (Å²) in [5.41, 5.74) is 3.73. The summed E-state index contributed by atoms with van der Waals surface area (Å²) in [4.78, 5) is 23.8. The van der Waals surface area contributed by atoms with Crippen LogP contribution in [0.2, 0.25) is 0 Å². The Labute approximate surface area is 150 Å². The Morgan fingerprint density at radius 3 is 2.60 bits per heavy atom. The van der Waals surface area contributed by atoms with Crippen molar-refractivity contribution in [3.63, 3.8) is 0 Å². The molecule has 0 saturated carbocycles. The fourth-order valence-electron chi connectivity index (χ4n) is 3.34. The van der Waals surface area contributed by atoms with E-state index in [1.54, 1.807) is 0 Å². The lowest BCUT2D eigenvalue weighted by Crippen LogP contribution is -2.15. The number of rotatable bonds is 1. The molecule has 0 spiro atoms. The maximum Gasteiger partial charge on any atom is 0.334 e. The van der Waals surface area contributed by atoms with Gasteiger partial charge in [0.05, 0.1) is 7.11 Å². The van der Waals surface area contributed by atoms with Crippen molar-refractivity contribution < 1.29 is 19.1 Å². The van der Waals surface area contributed by atoms with E-state index in [0.717, 1.165) is 43.3 Å².